The van der Waals surface area contributed by atoms with Gasteiger partial charge in [0.1, 0.15) is 0 Å². The van der Waals surface area contributed by atoms with Crippen molar-refractivity contribution in [1.82, 2.24) is 4.98 Å². The molecule has 0 amide bonds. The summed E-state index contributed by atoms with van der Waals surface area (Å²) in [6.07, 6.45) is 6.87. The molecule has 53 heavy (non-hydrogen) atoms. The van der Waals surface area contributed by atoms with E-state index in [4.69, 9.17) is 4.98 Å². The fourth-order valence-electron chi connectivity index (χ4n) is 7.40. The van der Waals surface area contributed by atoms with E-state index in [0.29, 0.717) is 0 Å². The van der Waals surface area contributed by atoms with Gasteiger partial charge in [-0.3, -0.25) is 9.78 Å². The van der Waals surface area contributed by atoms with E-state index in [1.54, 1.807) is 0 Å². The second kappa shape index (κ2) is 17.5. The smallest absolute Gasteiger partial charge is 0.162 e. The summed E-state index contributed by atoms with van der Waals surface area (Å²) in [7, 11) is -1.19. The Morgan fingerprint density at radius 3 is 2.11 bits per heavy atom. The molecule has 1 N–H and O–H groups in total. The van der Waals surface area contributed by atoms with Crippen LogP contribution in [0.2, 0.25) is 19.6 Å². The predicted molar refractivity (Wildman–Crippen MR) is 231 cm³/mol. The number of allylic oxidation sites excluding steroid dienone is 2. The van der Waals surface area contributed by atoms with Gasteiger partial charge in [-0.1, -0.05) is 115 Å². The Kier molecular flexibility index (Phi) is 14.1. The Bertz CT molecular complexity index is 2250. The summed E-state index contributed by atoms with van der Waals surface area (Å²) in [6, 6.07) is 27.6. The molecular weight excluding hydrogens is 863 g/mol. The Morgan fingerprint density at radius 2 is 1.49 bits per heavy atom. The number of aromatic nitrogens is 1. The standard InChI is InChI=1S/C34H34NSSi.C13H24O2.Ir/c1-21-16-29-23(18-25(21)20-37(5,6)7)12-13-27-28-14-15-35-31(33(28)36-32(27)29)24-17-22-10-8-9-11-26(22)30(19-24)34(2,3)4;1-5-10(6-2)12(14)9-13(15)11(7-3)8-4;/h8-16,18-19H,20H2,1-7H3;9-11,14H,5-8H2,1-4H3;/q-1;;/b;12-9-;. The number of aliphatic hydroxyl groups is 1. The summed E-state index contributed by atoms with van der Waals surface area (Å²) < 4.78 is 2.61. The Balaban J connectivity index is 0.000000335. The van der Waals surface area contributed by atoms with E-state index in [0.717, 1.165) is 42.3 Å². The van der Waals surface area contributed by atoms with E-state index in [9.17, 15) is 9.90 Å². The Hall–Kier alpha value is -3.15. The van der Waals surface area contributed by atoms with Crippen LogP contribution in [0.4, 0.5) is 0 Å². The van der Waals surface area contributed by atoms with Crippen LogP contribution in [0.5, 0.6) is 0 Å². The number of carbonyl (C=O) groups is 1. The van der Waals surface area contributed by atoms with Crippen molar-refractivity contribution in [2.45, 2.75) is 112 Å². The molecule has 2 aromatic heterocycles. The van der Waals surface area contributed by atoms with Crippen LogP contribution < -0.4 is 0 Å². The van der Waals surface area contributed by atoms with Gasteiger partial charge in [-0.15, -0.1) is 40.5 Å². The van der Waals surface area contributed by atoms with Crippen molar-refractivity contribution >= 4 is 66.9 Å². The third-order valence-corrected chi connectivity index (χ3v) is 13.2. The molecular formula is C47H58IrNO2SSi-. The van der Waals surface area contributed by atoms with Crippen LogP contribution in [0.25, 0.3) is 53.0 Å². The average Bonchev–Trinajstić information content (AvgIpc) is 3.48. The number of nitrogens with zero attached hydrogens (tertiary/aromatic N) is 1. The molecule has 6 rings (SSSR count). The van der Waals surface area contributed by atoms with Crippen molar-refractivity contribution in [2.75, 3.05) is 0 Å². The van der Waals surface area contributed by atoms with Crippen molar-refractivity contribution in [3.05, 3.63) is 101 Å². The molecule has 0 aliphatic heterocycles. The number of pyridine rings is 1. The minimum absolute atomic E-state index is 0. The number of hydrogen-bond acceptors (Lipinski definition) is 4. The van der Waals surface area contributed by atoms with Crippen LogP contribution in [0.3, 0.4) is 0 Å². The van der Waals surface area contributed by atoms with Crippen molar-refractivity contribution in [3.63, 3.8) is 0 Å². The molecule has 0 saturated heterocycles. The van der Waals surface area contributed by atoms with E-state index < -0.39 is 8.07 Å². The average molecular weight is 921 g/mol. The van der Waals surface area contributed by atoms with Crippen molar-refractivity contribution in [2.24, 2.45) is 11.8 Å². The van der Waals surface area contributed by atoms with Crippen LogP contribution in [0, 0.1) is 24.8 Å². The van der Waals surface area contributed by atoms with Gasteiger partial charge in [-0.2, -0.15) is 0 Å². The number of aliphatic hydroxyl groups excluding tert-OH is 1. The number of ketones is 1. The zero-order valence-corrected chi connectivity index (χ0v) is 37.9. The van der Waals surface area contributed by atoms with Crippen LogP contribution in [-0.4, -0.2) is 23.9 Å². The monoisotopic (exact) mass is 921 g/mol. The summed E-state index contributed by atoms with van der Waals surface area (Å²) in [6.45, 7) is 24.6. The quantitative estimate of drug-likeness (QED) is 0.0645. The maximum Gasteiger partial charge on any atom is 0.162 e. The zero-order chi connectivity index (χ0) is 38.0. The molecule has 0 fully saturated rings. The van der Waals surface area contributed by atoms with Crippen LogP contribution in [0.15, 0.2) is 78.7 Å². The minimum Gasteiger partial charge on any atom is -0.512 e. The normalized spacial score (nSPS) is 12.5. The molecule has 3 nitrogen and oxygen atoms in total. The molecule has 0 bridgehead atoms. The molecule has 0 aliphatic rings. The number of rotatable bonds is 10. The molecule has 0 saturated carbocycles. The molecule has 0 atom stereocenters. The molecule has 1 radical (unpaired) electrons. The molecule has 0 spiro atoms. The number of hydrogen-bond donors (Lipinski definition) is 1. The van der Waals surface area contributed by atoms with E-state index in [2.05, 4.69) is 114 Å². The third-order valence-electron chi connectivity index (χ3n) is 10.5. The van der Waals surface area contributed by atoms with Gasteiger partial charge in [0.15, 0.2) is 5.78 Å². The van der Waals surface area contributed by atoms with Crippen LogP contribution in [-0.2, 0) is 36.4 Å². The van der Waals surface area contributed by atoms with Crippen molar-refractivity contribution < 1.29 is 30.0 Å². The molecule has 0 aliphatic carbocycles. The number of fused-ring (bicyclic) bond motifs is 6. The number of benzene rings is 4. The third kappa shape index (κ3) is 9.57. The topological polar surface area (TPSA) is 50.2 Å². The first-order chi connectivity index (χ1) is 24.6. The van der Waals surface area contributed by atoms with Gasteiger partial charge in [-0.25, -0.2) is 0 Å². The SMILES string of the molecule is CCC(CC)C(=O)/C=C(\O)C(CC)CC.Cc1cc2c(ccc3c4ccnc(-c5[c-]c6ccccc6c(C(C)(C)C)c5)c4sc23)cc1C[Si](C)(C)C.[Ir]. The summed E-state index contributed by atoms with van der Waals surface area (Å²) in [5, 5.41) is 17.5. The van der Waals surface area contributed by atoms with E-state index >= 15 is 0 Å². The molecule has 0 unspecified atom stereocenters. The van der Waals surface area contributed by atoms with E-state index in [1.807, 2.05) is 45.2 Å². The zero-order valence-electron chi connectivity index (χ0n) is 33.7. The number of carbonyl (C=O) groups excluding carboxylic acids is 1. The van der Waals surface area contributed by atoms with Crippen molar-refractivity contribution in [3.8, 4) is 11.3 Å². The molecule has 283 valence electrons. The molecule has 6 aromatic rings. The maximum atomic E-state index is 11.7. The summed E-state index contributed by atoms with van der Waals surface area (Å²) in [5.74, 6) is 0.547. The number of aryl methyl sites for hydroxylation is 1. The van der Waals surface area contributed by atoms with Gasteiger partial charge in [0, 0.05) is 72.8 Å². The second-order valence-corrected chi connectivity index (χ2v) is 23.2. The Labute approximate surface area is 336 Å². The van der Waals surface area contributed by atoms with Crippen molar-refractivity contribution in [1.29, 1.82) is 0 Å². The van der Waals surface area contributed by atoms with Gasteiger partial charge in [0.25, 0.3) is 0 Å². The van der Waals surface area contributed by atoms with Crippen LogP contribution in [0.1, 0.15) is 90.8 Å². The van der Waals surface area contributed by atoms with Gasteiger partial charge < -0.3 is 5.11 Å². The molecule has 6 heteroatoms. The van der Waals surface area contributed by atoms with Gasteiger partial charge >= 0.3 is 0 Å². The van der Waals surface area contributed by atoms with Gasteiger partial charge in [-0.05, 0) is 83.5 Å². The first-order valence-corrected chi connectivity index (χ1v) is 23.8. The molecule has 2 heterocycles. The first-order valence-electron chi connectivity index (χ1n) is 19.2. The minimum atomic E-state index is -1.19. The van der Waals surface area contributed by atoms with Gasteiger partial charge in [0.05, 0.1) is 5.76 Å². The molecule has 4 aromatic carbocycles. The van der Waals surface area contributed by atoms with Gasteiger partial charge in [0.2, 0.25) is 0 Å². The summed E-state index contributed by atoms with van der Waals surface area (Å²) in [4.78, 5) is 16.7. The Morgan fingerprint density at radius 1 is 0.849 bits per heavy atom. The van der Waals surface area contributed by atoms with E-state index in [-0.39, 0.29) is 48.9 Å². The predicted octanol–water partition coefficient (Wildman–Crippen LogP) is 14.1. The summed E-state index contributed by atoms with van der Waals surface area (Å²) >= 11 is 1.89. The largest absolute Gasteiger partial charge is 0.512 e. The fraction of sp³-hybridized carbons (Fsp3) is 0.404. The fourth-order valence-corrected chi connectivity index (χ4v) is 10.2. The first kappa shape index (κ1) is 42.6. The van der Waals surface area contributed by atoms with Crippen LogP contribution >= 0.6 is 11.3 Å². The second-order valence-electron chi connectivity index (χ2n) is 16.7. The maximum absolute atomic E-state index is 11.7. The van der Waals surface area contributed by atoms with E-state index in [1.165, 1.54) is 65.1 Å². The number of thiophene rings is 1. The summed E-state index contributed by atoms with van der Waals surface area (Å²) in [5.41, 5.74) is 6.41.